The standard InChI is InChI=1S/C24H27NO2/c1-3-21(27-22-15-13-19(2)14-16-22)17-25-23-11-7-8-12-24(23)26-18-20-9-5-4-6-10-20/h4-16,21,25H,3,17-18H2,1-2H3. The predicted octanol–water partition coefficient (Wildman–Crippen LogP) is 5.84. The second-order valence-corrected chi connectivity index (χ2v) is 6.61. The van der Waals surface area contributed by atoms with Crippen LogP contribution in [0.2, 0.25) is 0 Å². The van der Waals surface area contributed by atoms with Crippen molar-refractivity contribution in [3.8, 4) is 11.5 Å². The lowest BCUT2D eigenvalue weighted by Gasteiger charge is -2.20. The Morgan fingerprint density at radius 2 is 1.56 bits per heavy atom. The van der Waals surface area contributed by atoms with E-state index in [1.54, 1.807) is 0 Å². The van der Waals surface area contributed by atoms with Gasteiger partial charge in [-0.2, -0.15) is 0 Å². The summed E-state index contributed by atoms with van der Waals surface area (Å²) in [5, 5.41) is 3.48. The molecule has 1 unspecified atom stereocenters. The second-order valence-electron chi connectivity index (χ2n) is 6.61. The quantitative estimate of drug-likeness (QED) is 0.519. The molecule has 27 heavy (non-hydrogen) atoms. The minimum Gasteiger partial charge on any atom is -0.489 e. The second kappa shape index (κ2) is 9.67. The van der Waals surface area contributed by atoms with E-state index < -0.39 is 0 Å². The Balaban J connectivity index is 1.58. The summed E-state index contributed by atoms with van der Waals surface area (Å²) in [5.41, 5.74) is 3.37. The fourth-order valence-electron chi connectivity index (χ4n) is 2.78. The van der Waals surface area contributed by atoms with E-state index in [0.29, 0.717) is 6.61 Å². The Labute approximate surface area is 162 Å². The van der Waals surface area contributed by atoms with Gasteiger partial charge in [-0.05, 0) is 43.2 Å². The predicted molar refractivity (Wildman–Crippen MR) is 112 cm³/mol. The Hall–Kier alpha value is -2.94. The summed E-state index contributed by atoms with van der Waals surface area (Å²) < 4.78 is 12.1. The lowest BCUT2D eigenvalue weighted by Crippen LogP contribution is -2.25. The van der Waals surface area contributed by atoms with Crippen LogP contribution < -0.4 is 14.8 Å². The lowest BCUT2D eigenvalue weighted by atomic mass is 10.2. The molecule has 0 saturated carbocycles. The highest BCUT2D eigenvalue weighted by Crippen LogP contribution is 2.25. The Bertz CT molecular complexity index is 815. The fraction of sp³-hybridized carbons (Fsp3) is 0.250. The van der Waals surface area contributed by atoms with Gasteiger partial charge in [0.1, 0.15) is 24.2 Å². The van der Waals surface area contributed by atoms with Gasteiger partial charge in [-0.1, -0.05) is 67.1 Å². The minimum atomic E-state index is 0.0925. The molecule has 0 heterocycles. The van der Waals surface area contributed by atoms with Crippen LogP contribution in [0.5, 0.6) is 11.5 Å². The summed E-state index contributed by atoms with van der Waals surface area (Å²) in [6.07, 6.45) is 1.02. The molecule has 0 spiro atoms. The molecule has 3 heteroatoms. The SMILES string of the molecule is CCC(CNc1ccccc1OCc1ccccc1)Oc1ccc(C)cc1. The van der Waals surface area contributed by atoms with Gasteiger partial charge in [0.05, 0.1) is 12.2 Å². The maximum Gasteiger partial charge on any atom is 0.142 e. The topological polar surface area (TPSA) is 30.5 Å². The highest BCUT2D eigenvalue weighted by Gasteiger charge is 2.10. The van der Waals surface area contributed by atoms with Crippen LogP contribution in [0.4, 0.5) is 5.69 Å². The van der Waals surface area contributed by atoms with Crippen molar-refractivity contribution >= 4 is 5.69 Å². The highest BCUT2D eigenvalue weighted by molar-refractivity contribution is 5.56. The average Bonchev–Trinajstić information content (AvgIpc) is 2.72. The number of hydrogen-bond donors (Lipinski definition) is 1. The fourth-order valence-corrected chi connectivity index (χ4v) is 2.78. The number of para-hydroxylation sites is 2. The van der Waals surface area contributed by atoms with Gasteiger partial charge in [-0.25, -0.2) is 0 Å². The van der Waals surface area contributed by atoms with Gasteiger partial charge in [0, 0.05) is 0 Å². The Morgan fingerprint density at radius 3 is 2.30 bits per heavy atom. The first-order valence-corrected chi connectivity index (χ1v) is 9.47. The summed E-state index contributed by atoms with van der Waals surface area (Å²) >= 11 is 0. The van der Waals surface area contributed by atoms with Crippen LogP contribution in [-0.4, -0.2) is 12.6 Å². The van der Waals surface area contributed by atoms with Crippen LogP contribution >= 0.6 is 0 Å². The van der Waals surface area contributed by atoms with Crippen LogP contribution in [0.15, 0.2) is 78.9 Å². The van der Waals surface area contributed by atoms with Crippen LogP contribution in [0.1, 0.15) is 24.5 Å². The number of anilines is 1. The highest BCUT2D eigenvalue weighted by atomic mass is 16.5. The Kier molecular flexibility index (Phi) is 6.75. The maximum atomic E-state index is 6.11. The third kappa shape index (κ3) is 5.78. The van der Waals surface area contributed by atoms with Crippen molar-refractivity contribution in [1.82, 2.24) is 0 Å². The monoisotopic (exact) mass is 361 g/mol. The van der Waals surface area contributed by atoms with Gasteiger partial charge in [-0.15, -0.1) is 0 Å². The van der Waals surface area contributed by atoms with Crippen LogP contribution in [0.3, 0.4) is 0 Å². The molecule has 1 N–H and O–H groups in total. The van der Waals surface area contributed by atoms with E-state index in [-0.39, 0.29) is 6.10 Å². The number of rotatable bonds is 9. The molecule has 140 valence electrons. The van der Waals surface area contributed by atoms with Crippen molar-refractivity contribution in [3.63, 3.8) is 0 Å². The first-order chi connectivity index (χ1) is 13.2. The molecule has 3 aromatic rings. The minimum absolute atomic E-state index is 0.0925. The normalized spacial score (nSPS) is 11.6. The smallest absolute Gasteiger partial charge is 0.142 e. The van der Waals surface area contributed by atoms with E-state index in [1.807, 2.05) is 54.6 Å². The molecule has 0 aliphatic carbocycles. The van der Waals surface area contributed by atoms with Gasteiger partial charge >= 0.3 is 0 Å². The summed E-state index contributed by atoms with van der Waals surface area (Å²) in [6, 6.07) is 26.4. The summed E-state index contributed by atoms with van der Waals surface area (Å²) in [5.74, 6) is 1.76. The van der Waals surface area contributed by atoms with Crippen molar-refractivity contribution in [2.24, 2.45) is 0 Å². The van der Waals surface area contributed by atoms with E-state index >= 15 is 0 Å². The summed E-state index contributed by atoms with van der Waals surface area (Å²) in [6.45, 7) is 5.49. The first-order valence-electron chi connectivity index (χ1n) is 9.47. The molecule has 0 aliphatic rings. The number of ether oxygens (including phenoxy) is 2. The van der Waals surface area contributed by atoms with E-state index in [1.165, 1.54) is 5.56 Å². The lowest BCUT2D eigenvalue weighted by molar-refractivity contribution is 0.210. The number of benzene rings is 3. The zero-order valence-corrected chi connectivity index (χ0v) is 16.0. The molecule has 0 amide bonds. The van der Waals surface area contributed by atoms with Crippen LogP contribution in [0, 0.1) is 6.92 Å². The van der Waals surface area contributed by atoms with Crippen molar-refractivity contribution in [2.45, 2.75) is 33.0 Å². The molecule has 0 saturated heterocycles. The molecule has 0 aliphatic heterocycles. The third-order valence-electron chi connectivity index (χ3n) is 4.42. The number of nitrogens with one attached hydrogen (secondary N) is 1. The molecule has 0 fully saturated rings. The first kappa shape index (κ1) is 18.8. The van der Waals surface area contributed by atoms with Gasteiger partial charge in [0.25, 0.3) is 0 Å². The van der Waals surface area contributed by atoms with Crippen LogP contribution in [0.25, 0.3) is 0 Å². The maximum absolute atomic E-state index is 6.11. The largest absolute Gasteiger partial charge is 0.489 e. The van der Waals surface area contributed by atoms with Crippen LogP contribution in [-0.2, 0) is 6.61 Å². The van der Waals surface area contributed by atoms with Crippen molar-refractivity contribution in [2.75, 3.05) is 11.9 Å². The van der Waals surface area contributed by atoms with Crippen molar-refractivity contribution in [3.05, 3.63) is 90.0 Å². The number of aryl methyl sites for hydroxylation is 1. The molecule has 3 rings (SSSR count). The van der Waals surface area contributed by atoms with Gasteiger partial charge in [-0.3, -0.25) is 0 Å². The molecular formula is C24H27NO2. The molecule has 3 nitrogen and oxygen atoms in total. The summed E-state index contributed by atoms with van der Waals surface area (Å²) in [7, 11) is 0. The van der Waals surface area contributed by atoms with E-state index in [4.69, 9.17) is 9.47 Å². The molecular weight excluding hydrogens is 334 g/mol. The molecule has 3 aromatic carbocycles. The third-order valence-corrected chi connectivity index (χ3v) is 4.42. The van der Waals surface area contributed by atoms with Gasteiger partial charge in [0.2, 0.25) is 0 Å². The molecule has 0 bridgehead atoms. The molecule has 0 aromatic heterocycles. The van der Waals surface area contributed by atoms with Gasteiger partial charge in [0.15, 0.2) is 0 Å². The van der Waals surface area contributed by atoms with E-state index in [0.717, 1.165) is 35.7 Å². The van der Waals surface area contributed by atoms with E-state index in [2.05, 4.69) is 43.4 Å². The molecule has 0 radical (unpaired) electrons. The van der Waals surface area contributed by atoms with E-state index in [9.17, 15) is 0 Å². The van der Waals surface area contributed by atoms with Gasteiger partial charge < -0.3 is 14.8 Å². The zero-order valence-electron chi connectivity index (χ0n) is 16.0. The molecule has 1 atom stereocenters. The summed E-state index contributed by atoms with van der Waals surface area (Å²) in [4.78, 5) is 0. The Morgan fingerprint density at radius 1 is 0.852 bits per heavy atom. The van der Waals surface area contributed by atoms with Crippen molar-refractivity contribution < 1.29 is 9.47 Å². The number of hydrogen-bond acceptors (Lipinski definition) is 3. The van der Waals surface area contributed by atoms with Crippen molar-refractivity contribution in [1.29, 1.82) is 0 Å². The zero-order chi connectivity index (χ0) is 18.9. The average molecular weight is 361 g/mol.